The van der Waals surface area contributed by atoms with Crippen LogP contribution in [0.3, 0.4) is 0 Å². The van der Waals surface area contributed by atoms with Crippen LogP contribution in [0.25, 0.3) is 0 Å². The number of nitrogens with one attached hydrogen (secondary N) is 1. The van der Waals surface area contributed by atoms with E-state index in [0.29, 0.717) is 35.5 Å². The van der Waals surface area contributed by atoms with Crippen molar-refractivity contribution < 1.29 is 9.90 Å². The second-order valence-corrected chi connectivity index (χ2v) is 5.79. The number of carboxylic acids is 1. The van der Waals surface area contributed by atoms with Crippen LogP contribution in [0.15, 0.2) is 18.2 Å². The molecule has 5 heteroatoms. The molecule has 0 heterocycles. The predicted octanol–water partition coefficient (Wildman–Crippen LogP) is 3.83. The van der Waals surface area contributed by atoms with Gasteiger partial charge in [-0.1, -0.05) is 49.2 Å². The lowest BCUT2D eigenvalue weighted by Crippen LogP contribution is -2.29. The van der Waals surface area contributed by atoms with Gasteiger partial charge in [-0.25, -0.2) is 0 Å². The number of rotatable bonds is 7. The Hall–Kier alpha value is -0.770. The van der Waals surface area contributed by atoms with Crippen molar-refractivity contribution in [2.45, 2.75) is 26.8 Å². The summed E-state index contributed by atoms with van der Waals surface area (Å²) in [5.41, 5.74) is 0.878. The van der Waals surface area contributed by atoms with Gasteiger partial charge < -0.3 is 10.4 Å². The molecule has 0 amide bonds. The lowest BCUT2D eigenvalue weighted by atomic mass is 9.97. The molecule has 2 N–H and O–H groups in total. The molecule has 19 heavy (non-hydrogen) atoms. The summed E-state index contributed by atoms with van der Waals surface area (Å²) in [4.78, 5) is 11.1. The molecule has 0 bridgehead atoms. The minimum atomic E-state index is -0.765. The van der Waals surface area contributed by atoms with Crippen LogP contribution in [0.2, 0.25) is 10.0 Å². The third-order valence-electron chi connectivity index (χ3n) is 2.84. The highest BCUT2D eigenvalue weighted by Crippen LogP contribution is 2.25. The highest BCUT2D eigenvalue weighted by molar-refractivity contribution is 6.42. The SMILES string of the molecule is CC(C)CC(CNCc1cccc(Cl)c1Cl)C(=O)O. The summed E-state index contributed by atoms with van der Waals surface area (Å²) in [7, 11) is 0. The monoisotopic (exact) mass is 303 g/mol. The summed E-state index contributed by atoms with van der Waals surface area (Å²) in [6.07, 6.45) is 0.658. The molecule has 0 aromatic heterocycles. The summed E-state index contributed by atoms with van der Waals surface area (Å²) in [5, 5.41) is 13.3. The average Bonchev–Trinajstić information content (AvgIpc) is 2.32. The van der Waals surface area contributed by atoms with Crippen LogP contribution >= 0.6 is 23.2 Å². The van der Waals surface area contributed by atoms with Gasteiger partial charge in [0, 0.05) is 13.1 Å². The van der Waals surface area contributed by atoms with E-state index in [-0.39, 0.29) is 5.92 Å². The van der Waals surface area contributed by atoms with Crippen LogP contribution in [0.4, 0.5) is 0 Å². The van der Waals surface area contributed by atoms with Crippen molar-refractivity contribution >= 4 is 29.2 Å². The van der Waals surface area contributed by atoms with Gasteiger partial charge in [0.05, 0.1) is 16.0 Å². The molecule has 1 rings (SSSR count). The van der Waals surface area contributed by atoms with Gasteiger partial charge in [0.1, 0.15) is 0 Å². The Bertz CT molecular complexity index is 435. The van der Waals surface area contributed by atoms with Crippen molar-refractivity contribution in [3.8, 4) is 0 Å². The van der Waals surface area contributed by atoms with Crippen molar-refractivity contribution in [1.29, 1.82) is 0 Å². The van der Waals surface area contributed by atoms with Crippen LogP contribution < -0.4 is 5.32 Å². The highest BCUT2D eigenvalue weighted by atomic mass is 35.5. The molecule has 1 atom stereocenters. The molecule has 3 nitrogen and oxygen atoms in total. The molecule has 0 fully saturated rings. The fraction of sp³-hybridized carbons (Fsp3) is 0.500. The molecule has 0 aliphatic rings. The topological polar surface area (TPSA) is 49.3 Å². The van der Waals surface area contributed by atoms with E-state index in [0.717, 1.165) is 5.56 Å². The van der Waals surface area contributed by atoms with Gasteiger partial charge in [0.25, 0.3) is 0 Å². The molecule has 0 aliphatic carbocycles. The number of hydrogen-bond donors (Lipinski definition) is 2. The maximum atomic E-state index is 11.1. The molecule has 1 aromatic rings. The number of carbonyl (C=O) groups is 1. The summed E-state index contributed by atoms with van der Waals surface area (Å²) in [6, 6.07) is 5.43. The maximum absolute atomic E-state index is 11.1. The van der Waals surface area contributed by atoms with E-state index in [2.05, 4.69) is 5.32 Å². The van der Waals surface area contributed by atoms with Crippen molar-refractivity contribution in [1.82, 2.24) is 5.32 Å². The zero-order valence-corrected chi connectivity index (χ0v) is 12.6. The Balaban J connectivity index is 2.52. The first-order chi connectivity index (χ1) is 8.91. The van der Waals surface area contributed by atoms with Crippen LogP contribution in [0.1, 0.15) is 25.8 Å². The Labute approximate surface area is 123 Å². The fourth-order valence-electron chi connectivity index (χ4n) is 1.91. The molecule has 0 saturated heterocycles. The van der Waals surface area contributed by atoms with E-state index in [4.69, 9.17) is 28.3 Å². The lowest BCUT2D eigenvalue weighted by molar-refractivity contribution is -0.142. The van der Waals surface area contributed by atoms with Gasteiger partial charge in [-0.05, 0) is 24.0 Å². The summed E-state index contributed by atoms with van der Waals surface area (Å²) >= 11 is 12.0. The summed E-state index contributed by atoms with van der Waals surface area (Å²) in [5.74, 6) is -0.783. The predicted molar refractivity (Wildman–Crippen MR) is 78.7 cm³/mol. The average molecular weight is 304 g/mol. The second kappa shape index (κ2) is 7.73. The molecular weight excluding hydrogens is 285 g/mol. The van der Waals surface area contributed by atoms with Gasteiger partial charge in [-0.3, -0.25) is 4.79 Å². The van der Waals surface area contributed by atoms with Crippen LogP contribution in [0.5, 0.6) is 0 Å². The van der Waals surface area contributed by atoms with Crippen molar-refractivity contribution in [3.63, 3.8) is 0 Å². The van der Waals surface area contributed by atoms with E-state index >= 15 is 0 Å². The van der Waals surface area contributed by atoms with E-state index in [9.17, 15) is 4.79 Å². The quantitative estimate of drug-likeness (QED) is 0.805. The van der Waals surface area contributed by atoms with E-state index in [1.165, 1.54) is 0 Å². The minimum Gasteiger partial charge on any atom is -0.481 e. The largest absolute Gasteiger partial charge is 0.481 e. The maximum Gasteiger partial charge on any atom is 0.307 e. The van der Waals surface area contributed by atoms with E-state index in [1.54, 1.807) is 6.07 Å². The normalized spacial score (nSPS) is 12.7. The summed E-state index contributed by atoms with van der Waals surface area (Å²) in [6.45, 7) is 4.98. The van der Waals surface area contributed by atoms with Crippen LogP contribution in [0, 0.1) is 11.8 Å². The third-order valence-corrected chi connectivity index (χ3v) is 3.70. The Kier molecular flexibility index (Phi) is 6.63. The smallest absolute Gasteiger partial charge is 0.307 e. The van der Waals surface area contributed by atoms with E-state index in [1.807, 2.05) is 26.0 Å². The van der Waals surface area contributed by atoms with Crippen molar-refractivity contribution in [2.24, 2.45) is 11.8 Å². The minimum absolute atomic E-state index is 0.359. The fourth-order valence-corrected chi connectivity index (χ4v) is 2.29. The lowest BCUT2D eigenvalue weighted by Gasteiger charge is -2.15. The first kappa shape index (κ1) is 16.3. The number of hydrogen-bond acceptors (Lipinski definition) is 2. The summed E-state index contributed by atoms with van der Waals surface area (Å²) < 4.78 is 0. The van der Waals surface area contributed by atoms with Gasteiger partial charge >= 0.3 is 5.97 Å². The van der Waals surface area contributed by atoms with Crippen LogP contribution in [-0.4, -0.2) is 17.6 Å². The van der Waals surface area contributed by atoms with Gasteiger partial charge in [0.2, 0.25) is 0 Å². The number of benzene rings is 1. The van der Waals surface area contributed by atoms with Gasteiger partial charge in [-0.15, -0.1) is 0 Å². The van der Waals surface area contributed by atoms with Gasteiger partial charge in [-0.2, -0.15) is 0 Å². The molecule has 1 unspecified atom stereocenters. The Morgan fingerprint density at radius 1 is 1.37 bits per heavy atom. The first-order valence-corrected chi connectivity index (χ1v) is 7.03. The highest BCUT2D eigenvalue weighted by Gasteiger charge is 2.18. The Morgan fingerprint density at radius 2 is 2.05 bits per heavy atom. The zero-order valence-electron chi connectivity index (χ0n) is 11.1. The Morgan fingerprint density at radius 3 is 2.63 bits per heavy atom. The number of aliphatic carboxylic acids is 1. The molecule has 1 aromatic carbocycles. The van der Waals surface area contributed by atoms with Crippen molar-refractivity contribution in [2.75, 3.05) is 6.54 Å². The number of carboxylic acid groups (broad SMARTS) is 1. The molecular formula is C14H19Cl2NO2. The molecule has 0 radical (unpaired) electrons. The van der Waals surface area contributed by atoms with E-state index < -0.39 is 5.97 Å². The molecule has 0 saturated carbocycles. The zero-order chi connectivity index (χ0) is 14.4. The third kappa shape index (κ3) is 5.39. The second-order valence-electron chi connectivity index (χ2n) is 5.01. The van der Waals surface area contributed by atoms with Crippen LogP contribution in [-0.2, 0) is 11.3 Å². The molecule has 0 spiro atoms. The van der Waals surface area contributed by atoms with Crippen molar-refractivity contribution in [3.05, 3.63) is 33.8 Å². The van der Waals surface area contributed by atoms with Gasteiger partial charge in [0.15, 0.2) is 0 Å². The standard InChI is InChI=1S/C14H19Cl2NO2/c1-9(2)6-11(14(18)19)8-17-7-10-4-3-5-12(15)13(10)16/h3-5,9,11,17H,6-8H2,1-2H3,(H,18,19). The number of halogens is 2. The molecule has 106 valence electrons. The first-order valence-electron chi connectivity index (χ1n) is 6.28. The molecule has 0 aliphatic heterocycles.